The summed E-state index contributed by atoms with van der Waals surface area (Å²) in [6.07, 6.45) is 1.19. The lowest BCUT2D eigenvalue weighted by Gasteiger charge is -2.17. The molecule has 2 aromatic carbocycles. The molecule has 26 heavy (non-hydrogen) atoms. The summed E-state index contributed by atoms with van der Waals surface area (Å²) in [5, 5.41) is 2.95. The van der Waals surface area contributed by atoms with E-state index in [9.17, 15) is 4.79 Å². The van der Waals surface area contributed by atoms with Gasteiger partial charge in [0.05, 0.1) is 6.61 Å². The van der Waals surface area contributed by atoms with Crippen molar-refractivity contribution in [2.45, 2.75) is 46.6 Å². The second-order valence-electron chi connectivity index (χ2n) is 6.46. The van der Waals surface area contributed by atoms with Crippen molar-refractivity contribution in [1.29, 1.82) is 0 Å². The molecule has 0 aromatic heterocycles. The van der Waals surface area contributed by atoms with E-state index in [-0.39, 0.29) is 5.91 Å². The van der Waals surface area contributed by atoms with Gasteiger partial charge in [-0.1, -0.05) is 30.3 Å². The van der Waals surface area contributed by atoms with E-state index in [1.165, 1.54) is 5.56 Å². The van der Waals surface area contributed by atoms with Crippen LogP contribution in [-0.4, -0.2) is 25.2 Å². The smallest absolute Gasteiger partial charge is 0.260 e. The van der Waals surface area contributed by atoms with Gasteiger partial charge in [0.15, 0.2) is 6.10 Å². The van der Waals surface area contributed by atoms with Crippen molar-refractivity contribution < 1.29 is 14.3 Å². The highest BCUT2D eigenvalue weighted by atomic mass is 16.5. The lowest BCUT2D eigenvalue weighted by atomic mass is 10.1. The predicted octanol–water partition coefficient (Wildman–Crippen LogP) is 4.22. The van der Waals surface area contributed by atoms with Crippen LogP contribution in [0.15, 0.2) is 42.5 Å². The van der Waals surface area contributed by atoms with Crippen LogP contribution in [0.4, 0.5) is 0 Å². The summed E-state index contributed by atoms with van der Waals surface area (Å²) in [5.41, 5.74) is 3.32. The van der Waals surface area contributed by atoms with E-state index in [1.54, 1.807) is 6.92 Å². The number of hydrogen-bond acceptors (Lipinski definition) is 3. The normalized spacial score (nSPS) is 11.7. The molecule has 1 atom stereocenters. The highest BCUT2D eigenvalue weighted by Crippen LogP contribution is 2.21. The summed E-state index contributed by atoms with van der Waals surface area (Å²) in [4.78, 5) is 12.3. The van der Waals surface area contributed by atoms with E-state index in [0.717, 1.165) is 35.5 Å². The molecule has 0 radical (unpaired) electrons. The van der Waals surface area contributed by atoms with Gasteiger partial charge in [0.1, 0.15) is 11.5 Å². The van der Waals surface area contributed by atoms with Gasteiger partial charge in [-0.15, -0.1) is 0 Å². The summed E-state index contributed by atoms with van der Waals surface area (Å²) >= 11 is 0. The first-order valence-corrected chi connectivity index (χ1v) is 9.23. The largest absolute Gasteiger partial charge is 0.494 e. The number of ether oxygens (including phenoxy) is 2. The van der Waals surface area contributed by atoms with Gasteiger partial charge in [0, 0.05) is 6.54 Å². The Bertz CT molecular complexity index is 727. The zero-order chi connectivity index (χ0) is 18.9. The molecule has 0 fully saturated rings. The number of rotatable bonds is 9. The Morgan fingerprint density at radius 1 is 1.12 bits per heavy atom. The number of carbonyl (C=O) groups excluding carboxylic acids is 1. The molecule has 0 aliphatic heterocycles. The fraction of sp³-hybridized carbons (Fsp3) is 0.409. The Morgan fingerprint density at radius 2 is 1.88 bits per heavy atom. The molecule has 2 aromatic rings. The molecule has 0 heterocycles. The molecule has 4 nitrogen and oxygen atoms in total. The summed E-state index contributed by atoms with van der Waals surface area (Å²) in [6.45, 7) is 9.02. The van der Waals surface area contributed by atoms with E-state index in [4.69, 9.17) is 9.47 Å². The molecule has 4 heteroatoms. The molecule has 1 N–H and O–H groups in total. The summed E-state index contributed by atoms with van der Waals surface area (Å²) in [5.74, 6) is 1.59. The average molecular weight is 355 g/mol. The second kappa shape index (κ2) is 9.85. The fourth-order valence-electron chi connectivity index (χ4n) is 2.72. The van der Waals surface area contributed by atoms with E-state index in [0.29, 0.717) is 13.2 Å². The summed E-state index contributed by atoms with van der Waals surface area (Å²) < 4.78 is 11.5. The van der Waals surface area contributed by atoms with E-state index < -0.39 is 6.10 Å². The SMILES string of the molecule is CCOc1ccccc1CCCNC(=O)C(C)Oc1cc(C)ccc1C. The number of nitrogens with one attached hydrogen (secondary N) is 1. The van der Waals surface area contributed by atoms with Gasteiger partial charge >= 0.3 is 0 Å². The first kappa shape index (κ1) is 19.8. The van der Waals surface area contributed by atoms with Crippen LogP contribution < -0.4 is 14.8 Å². The Labute approximate surface area is 156 Å². The minimum absolute atomic E-state index is 0.0935. The molecule has 0 aliphatic carbocycles. The van der Waals surface area contributed by atoms with Gasteiger partial charge in [0.2, 0.25) is 0 Å². The third-order valence-electron chi connectivity index (χ3n) is 4.21. The van der Waals surface area contributed by atoms with Crippen LogP contribution in [0.1, 0.15) is 37.0 Å². The quantitative estimate of drug-likeness (QED) is 0.685. The lowest BCUT2D eigenvalue weighted by molar-refractivity contribution is -0.127. The zero-order valence-electron chi connectivity index (χ0n) is 16.2. The predicted molar refractivity (Wildman–Crippen MR) is 105 cm³/mol. The Kier molecular flexibility index (Phi) is 7.52. The number of benzene rings is 2. The Hall–Kier alpha value is -2.49. The van der Waals surface area contributed by atoms with E-state index >= 15 is 0 Å². The van der Waals surface area contributed by atoms with E-state index in [2.05, 4.69) is 11.4 Å². The lowest BCUT2D eigenvalue weighted by Crippen LogP contribution is -2.37. The molecule has 2 rings (SSSR count). The summed E-state index contributed by atoms with van der Waals surface area (Å²) in [6, 6.07) is 14.0. The number of carbonyl (C=O) groups is 1. The third kappa shape index (κ3) is 5.80. The molecule has 0 bridgehead atoms. The van der Waals surface area contributed by atoms with Gasteiger partial charge in [-0.3, -0.25) is 4.79 Å². The maximum absolute atomic E-state index is 12.3. The van der Waals surface area contributed by atoms with Crippen LogP contribution in [0.25, 0.3) is 0 Å². The molecule has 1 unspecified atom stereocenters. The van der Waals surface area contributed by atoms with Gasteiger partial charge < -0.3 is 14.8 Å². The molecular formula is C22H29NO3. The van der Waals surface area contributed by atoms with Crippen molar-refractivity contribution in [2.75, 3.05) is 13.2 Å². The standard InChI is InChI=1S/C22H29NO3/c1-5-25-20-11-7-6-9-19(20)10-8-14-23-22(24)18(4)26-21-15-16(2)12-13-17(21)3/h6-7,9,11-13,15,18H,5,8,10,14H2,1-4H3,(H,23,24). The second-order valence-corrected chi connectivity index (χ2v) is 6.46. The third-order valence-corrected chi connectivity index (χ3v) is 4.21. The highest BCUT2D eigenvalue weighted by molar-refractivity contribution is 5.80. The highest BCUT2D eigenvalue weighted by Gasteiger charge is 2.15. The molecular weight excluding hydrogens is 326 g/mol. The van der Waals surface area contributed by atoms with Crippen molar-refractivity contribution >= 4 is 5.91 Å². The van der Waals surface area contributed by atoms with Crippen LogP contribution in [0, 0.1) is 13.8 Å². The van der Waals surface area contributed by atoms with Crippen LogP contribution >= 0.6 is 0 Å². The van der Waals surface area contributed by atoms with Gasteiger partial charge in [-0.05, 0) is 69.4 Å². The van der Waals surface area contributed by atoms with Crippen molar-refractivity contribution in [3.8, 4) is 11.5 Å². The van der Waals surface area contributed by atoms with E-state index in [1.807, 2.05) is 57.2 Å². The van der Waals surface area contributed by atoms with Crippen molar-refractivity contribution in [3.05, 3.63) is 59.2 Å². The number of aryl methyl sites for hydroxylation is 3. The number of amides is 1. The molecule has 0 spiro atoms. The first-order valence-electron chi connectivity index (χ1n) is 9.23. The minimum Gasteiger partial charge on any atom is -0.494 e. The van der Waals surface area contributed by atoms with Crippen LogP contribution in [0.3, 0.4) is 0 Å². The molecule has 0 saturated carbocycles. The monoisotopic (exact) mass is 355 g/mol. The molecule has 0 saturated heterocycles. The number of hydrogen-bond donors (Lipinski definition) is 1. The fourth-order valence-corrected chi connectivity index (χ4v) is 2.72. The van der Waals surface area contributed by atoms with Crippen molar-refractivity contribution in [2.24, 2.45) is 0 Å². The van der Waals surface area contributed by atoms with Crippen LogP contribution in [-0.2, 0) is 11.2 Å². The minimum atomic E-state index is -0.522. The average Bonchev–Trinajstić information content (AvgIpc) is 2.63. The first-order chi connectivity index (χ1) is 12.5. The van der Waals surface area contributed by atoms with Crippen LogP contribution in [0.2, 0.25) is 0 Å². The summed E-state index contributed by atoms with van der Waals surface area (Å²) in [7, 11) is 0. The van der Waals surface area contributed by atoms with Gasteiger partial charge in [-0.2, -0.15) is 0 Å². The maximum atomic E-state index is 12.3. The zero-order valence-corrected chi connectivity index (χ0v) is 16.2. The topological polar surface area (TPSA) is 47.6 Å². The van der Waals surface area contributed by atoms with Crippen LogP contribution in [0.5, 0.6) is 11.5 Å². The van der Waals surface area contributed by atoms with Gasteiger partial charge in [-0.25, -0.2) is 0 Å². The number of para-hydroxylation sites is 1. The van der Waals surface area contributed by atoms with Crippen molar-refractivity contribution in [3.63, 3.8) is 0 Å². The molecule has 1 amide bonds. The molecule has 140 valence electrons. The molecule has 0 aliphatic rings. The Balaban J connectivity index is 1.79. The van der Waals surface area contributed by atoms with Gasteiger partial charge in [0.25, 0.3) is 5.91 Å². The van der Waals surface area contributed by atoms with Crippen molar-refractivity contribution in [1.82, 2.24) is 5.32 Å². The Morgan fingerprint density at radius 3 is 2.65 bits per heavy atom. The maximum Gasteiger partial charge on any atom is 0.260 e.